The van der Waals surface area contributed by atoms with Crippen molar-refractivity contribution in [3.8, 4) is 0 Å². The summed E-state index contributed by atoms with van der Waals surface area (Å²) in [5.74, 6) is 0.183. The van der Waals surface area contributed by atoms with E-state index in [9.17, 15) is 18.0 Å². The Morgan fingerprint density at radius 1 is 1.19 bits per heavy atom. The van der Waals surface area contributed by atoms with Gasteiger partial charge < -0.3 is 19.1 Å². The standard InChI is InChI=1S/C16H18F3N5O2/c1-22(2)13-10-12(16(17,18)19)20-15(21-13)24-7-5-23(6-8-24)14(25)11-4-3-9-26-11/h3-4,9-10H,5-8H2,1-2H3. The van der Waals surface area contributed by atoms with Crippen LogP contribution in [0.5, 0.6) is 0 Å². The lowest BCUT2D eigenvalue weighted by molar-refractivity contribution is -0.141. The molecule has 0 aromatic carbocycles. The van der Waals surface area contributed by atoms with E-state index in [0.29, 0.717) is 26.2 Å². The number of carbonyl (C=O) groups is 1. The number of carbonyl (C=O) groups excluding carboxylic acids is 1. The van der Waals surface area contributed by atoms with Crippen LogP contribution in [0.4, 0.5) is 24.9 Å². The summed E-state index contributed by atoms with van der Waals surface area (Å²) in [5.41, 5.74) is -0.986. The highest BCUT2D eigenvalue weighted by molar-refractivity contribution is 5.91. The molecule has 2 aromatic heterocycles. The summed E-state index contributed by atoms with van der Waals surface area (Å²) in [5, 5.41) is 0. The fourth-order valence-electron chi connectivity index (χ4n) is 2.60. The van der Waals surface area contributed by atoms with Crippen molar-refractivity contribution in [1.82, 2.24) is 14.9 Å². The molecule has 7 nitrogen and oxygen atoms in total. The molecule has 10 heteroatoms. The first-order valence-corrected chi connectivity index (χ1v) is 7.97. The van der Waals surface area contributed by atoms with E-state index < -0.39 is 11.9 Å². The molecule has 0 atom stereocenters. The second kappa shape index (κ2) is 6.85. The molecule has 1 aliphatic rings. The van der Waals surface area contributed by atoms with E-state index in [-0.39, 0.29) is 23.4 Å². The molecule has 0 unspecified atom stereocenters. The normalized spacial score (nSPS) is 15.3. The molecule has 2 aromatic rings. The van der Waals surface area contributed by atoms with Gasteiger partial charge >= 0.3 is 6.18 Å². The van der Waals surface area contributed by atoms with Crippen LogP contribution in [0.3, 0.4) is 0 Å². The highest BCUT2D eigenvalue weighted by Gasteiger charge is 2.35. The van der Waals surface area contributed by atoms with E-state index in [2.05, 4.69) is 9.97 Å². The molecule has 3 heterocycles. The van der Waals surface area contributed by atoms with Crippen molar-refractivity contribution in [3.63, 3.8) is 0 Å². The van der Waals surface area contributed by atoms with Crippen molar-refractivity contribution in [3.05, 3.63) is 35.9 Å². The topological polar surface area (TPSA) is 65.7 Å². The predicted octanol–water partition coefficient (Wildman–Crippen LogP) is 2.12. The molecule has 26 heavy (non-hydrogen) atoms. The Morgan fingerprint density at radius 3 is 2.42 bits per heavy atom. The summed E-state index contributed by atoms with van der Waals surface area (Å²) in [6, 6.07) is 4.12. The maximum Gasteiger partial charge on any atom is 0.433 e. The first kappa shape index (κ1) is 18.0. The largest absolute Gasteiger partial charge is 0.459 e. The van der Waals surface area contributed by atoms with Crippen molar-refractivity contribution in [2.45, 2.75) is 6.18 Å². The fraction of sp³-hybridized carbons (Fsp3) is 0.438. The lowest BCUT2D eigenvalue weighted by atomic mass is 10.3. The molecule has 1 saturated heterocycles. The van der Waals surface area contributed by atoms with E-state index in [4.69, 9.17) is 4.42 Å². The van der Waals surface area contributed by atoms with Crippen molar-refractivity contribution in [2.24, 2.45) is 0 Å². The van der Waals surface area contributed by atoms with Crippen LogP contribution in [-0.2, 0) is 6.18 Å². The Bertz CT molecular complexity index is 769. The second-order valence-corrected chi connectivity index (χ2v) is 6.06. The summed E-state index contributed by atoms with van der Waals surface area (Å²) in [7, 11) is 3.23. The monoisotopic (exact) mass is 369 g/mol. The number of amides is 1. The van der Waals surface area contributed by atoms with Gasteiger partial charge in [-0.25, -0.2) is 4.98 Å². The molecule has 0 bridgehead atoms. The number of rotatable bonds is 3. The molecule has 0 spiro atoms. The molecule has 0 N–H and O–H groups in total. The Hall–Kier alpha value is -2.78. The zero-order valence-corrected chi connectivity index (χ0v) is 14.3. The summed E-state index contributed by atoms with van der Waals surface area (Å²) < 4.78 is 44.4. The van der Waals surface area contributed by atoms with Crippen molar-refractivity contribution < 1.29 is 22.4 Å². The number of halogens is 3. The number of nitrogens with zero attached hydrogens (tertiary/aromatic N) is 5. The van der Waals surface area contributed by atoms with Crippen LogP contribution in [0.15, 0.2) is 28.9 Å². The van der Waals surface area contributed by atoms with Gasteiger partial charge in [-0.3, -0.25) is 4.79 Å². The predicted molar refractivity (Wildman–Crippen MR) is 88.2 cm³/mol. The van der Waals surface area contributed by atoms with Gasteiger partial charge in [0.25, 0.3) is 5.91 Å². The second-order valence-electron chi connectivity index (χ2n) is 6.06. The number of hydrogen-bond donors (Lipinski definition) is 0. The Kier molecular flexibility index (Phi) is 4.75. The van der Waals surface area contributed by atoms with Gasteiger partial charge in [0.2, 0.25) is 5.95 Å². The van der Waals surface area contributed by atoms with Gasteiger partial charge in [0.15, 0.2) is 11.5 Å². The Labute approximate surface area is 148 Å². The minimum Gasteiger partial charge on any atom is -0.459 e. The van der Waals surface area contributed by atoms with Gasteiger partial charge in [-0.05, 0) is 12.1 Å². The van der Waals surface area contributed by atoms with Crippen LogP contribution in [0.2, 0.25) is 0 Å². The minimum absolute atomic E-state index is 0.00798. The number of alkyl halides is 3. The third-order valence-electron chi connectivity index (χ3n) is 4.03. The molecule has 0 saturated carbocycles. The SMILES string of the molecule is CN(C)c1cc(C(F)(F)F)nc(N2CCN(C(=O)c3ccco3)CC2)n1. The lowest BCUT2D eigenvalue weighted by Gasteiger charge is -2.34. The summed E-state index contributed by atoms with van der Waals surface area (Å²) in [6.45, 7) is 1.36. The van der Waals surface area contributed by atoms with Gasteiger partial charge in [0.05, 0.1) is 6.26 Å². The third-order valence-corrected chi connectivity index (χ3v) is 4.03. The number of piperazine rings is 1. The molecule has 1 fully saturated rings. The van der Waals surface area contributed by atoms with Crippen molar-refractivity contribution >= 4 is 17.7 Å². The van der Waals surface area contributed by atoms with E-state index in [1.165, 1.54) is 11.2 Å². The van der Waals surface area contributed by atoms with Gasteiger partial charge in [0, 0.05) is 46.3 Å². The average Bonchev–Trinajstić information content (AvgIpc) is 3.14. The first-order valence-electron chi connectivity index (χ1n) is 7.97. The molecule has 1 amide bonds. The third kappa shape index (κ3) is 3.73. The van der Waals surface area contributed by atoms with Crippen LogP contribution in [0.1, 0.15) is 16.2 Å². The van der Waals surface area contributed by atoms with Gasteiger partial charge in [-0.15, -0.1) is 0 Å². The maximum absolute atomic E-state index is 13.1. The molecule has 1 aliphatic heterocycles. The summed E-state index contributed by atoms with van der Waals surface area (Å²) in [4.78, 5) is 24.9. The van der Waals surface area contributed by atoms with E-state index in [0.717, 1.165) is 6.07 Å². The summed E-state index contributed by atoms with van der Waals surface area (Å²) >= 11 is 0. The van der Waals surface area contributed by atoms with Crippen molar-refractivity contribution in [1.29, 1.82) is 0 Å². The highest BCUT2D eigenvalue weighted by Crippen LogP contribution is 2.31. The van der Waals surface area contributed by atoms with E-state index >= 15 is 0 Å². The Morgan fingerprint density at radius 2 is 1.88 bits per heavy atom. The molecule has 0 radical (unpaired) electrons. The van der Waals surface area contributed by atoms with Crippen molar-refractivity contribution in [2.75, 3.05) is 50.1 Å². The van der Waals surface area contributed by atoms with Gasteiger partial charge in [0.1, 0.15) is 5.82 Å². The minimum atomic E-state index is -4.56. The number of hydrogen-bond acceptors (Lipinski definition) is 6. The molecule has 140 valence electrons. The molecular formula is C16H18F3N5O2. The van der Waals surface area contributed by atoms with E-state index in [1.807, 2.05) is 0 Å². The Balaban J connectivity index is 1.76. The van der Waals surface area contributed by atoms with Crippen LogP contribution in [-0.4, -0.2) is 61.0 Å². The van der Waals surface area contributed by atoms with Crippen LogP contribution >= 0.6 is 0 Å². The molecule has 0 aliphatic carbocycles. The highest BCUT2D eigenvalue weighted by atomic mass is 19.4. The molecular weight excluding hydrogens is 351 g/mol. The molecule has 3 rings (SSSR count). The van der Waals surface area contributed by atoms with E-state index in [1.54, 1.807) is 36.0 Å². The number of furan rings is 1. The average molecular weight is 369 g/mol. The first-order chi connectivity index (χ1) is 12.3. The summed E-state index contributed by atoms with van der Waals surface area (Å²) in [6.07, 6.45) is -3.14. The fourth-order valence-corrected chi connectivity index (χ4v) is 2.60. The van der Waals surface area contributed by atoms with Gasteiger partial charge in [-0.2, -0.15) is 18.2 Å². The lowest BCUT2D eigenvalue weighted by Crippen LogP contribution is -2.49. The zero-order chi connectivity index (χ0) is 18.9. The van der Waals surface area contributed by atoms with Crippen LogP contribution in [0, 0.1) is 0 Å². The van der Waals surface area contributed by atoms with Gasteiger partial charge in [-0.1, -0.05) is 0 Å². The van der Waals surface area contributed by atoms with Crippen LogP contribution < -0.4 is 9.80 Å². The van der Waals surface area contributed by atoms with Crippen LogP contribution in [0.25, 0.3) is 0 Å². The maximum atomic E-state index is 13.1. The zero-order valence-electron chi connectivity index (χ0n) is 14.3. The quantitative estimate of drug-likeness (QED) is 0.826. The number of anilines is 2. The number of aromatic nitrogens is 2. The smallest absolute Gasteiger partial charge is 0.433 e.